The first-order valence-corrected chi connectivity index (χ1v) is 9.16. The van der Waals surface area contributed by atoms with Gasteiger partial charge in [0.25, 0.3) is 0 Å². The normalized spacial score (nSPS) is 51.7. The number of carbonyl (C=O) groups is 2. The van der Waals surface area contributed by atoms with Gasteiger partial charge in [-0.25, -0.2) is 0 Å². The van der Waals surface area contributed by atoms with Gasteiger partial charge < -0.3 is 9.90 Å². The van der Waals surface area contributed by atoms with Crippen LogP contribution in [0.3, 0.4) is 0 Å². The molecule has 1 spiro atoms. The lowest BCUT2D eigenvalue weighted by Gasteiger charge is -2.60. The zero-order valence-corrected chi connectivity index (χ0v) is 14.4. The summed E-state index contributed by atoms with van der Waals surface area (Å²) < 4.78 is 0. The highest BCUT2D eigenvalue weighted by molar-refractivity contribution is 5.90. The summed E-state index contributed by atoms with van der Waals surface area (Å²) in [6, 6.07) is 0. The first-order chi connectivity index (χ1) is 10.8. The fraction of sp³-hybridized carbons (Fsp3) is 0.800. The molecule has 0 heterocycles. The summed E-state index contributed by atoms with van der Waals surface area (Å²) in [5.74, 6) is 0.665. The van der Waals surface area contributed by atoms with Gasteiger partial charge in [0, 0.05) is 11.8 Å². The van der Waals surface area contributed by atoms with Crippen molar-refractivity contribution in [2.45, 2.75) is 65.2 Å². The van der Waals surface area contributed by atoms with Crippen molar-refractivity contribution in [3.05, 3.63) is 11.6 Å². The topological polar surface area (TPSA) is 54.4 Å². The molecule has 3 nitrogen and oxygen atoms in total. The number of ketones is 1. The number of carbonyl (C=O) groups excluding carboxylic acids is 2. The van der Waals surface area contributed by atoms with Crippen LogP contribution in [0.4, 0.5) is 0 Å². The third-order valence-electron chi connectivity index (χ3n) is 8.11. The molecule has 3 heteroatoms. The van der Waals surface area contributed by atoms with E-state index >= 15 is 0 Å². The molecular formula is C20H28O3. The van der Waals surface area contributed by atoms with E-state index < -0.39 is 5.41 Å². The van der Waals surface area contributed by atoms with E-state index in [9.17, 15) is 14.7 Å². The quantitative estimate of drug-likeness (QED) is 0.627. The molecule has 4 aliphatic carbocycles. The molecule has 0 aromatic heterocycles. The Balaban J connectivity index is 1.80. The summed E-state index contributed by atoms with van der Waals surface area (Å²) in [7, 11) is 0. The van der Waals surface area contributed by atoms with E-state index in [-0.39, 0.29) is 28.6 Å². The summed E-state index contributed by atoms with van der Waals surface area (Å²) in [5, 5.41) is 9.85. The average Bonchev–Trinajstić information content (AvgIpc) is 2.73. The van der Waals surface area contributed by atoms with E-state index in [1.807, 2.05) is 0 Å². The molecule has 126 valence electrons. The molecule has 5 unspecified atom stereocenters. The molecule has 4 aliphatic rings. The minimum Gasteiger partial charge on any atom is -0.395 e. The number of hydrogen-bond acceptors (Lipinski definition) is 3. The van der Waals surface area contributed by atoms with Crippen LogP contribution in [0, 0.1) is 27.6 Å². The van der Waals surface area contributed by atoms with Gasteiger partial charge in [0.1, 0.15) is 12.1 Å². The summed E-state index contributed by atoms with van der Waals surface area (Å²) in [5.41, 5.74) is 0.769. The van der Waals surface area contributed by atoms with Crippen molar-refractivity contribution in [3.63, 3.8) is 0 Å². The number of aliphatic hydroxyl groups excluding tert-OH is 1. The molecule has 3 fully saturated rings. The molecular weight excluding hydrogens is 288 g/mol. The second-order valence-electron chi connectivity index (χ2n) is 9.30. The molecule has 0 saturated heterocycles. The van der Waals surface area contributed by atoms with Crippen LogP contribution >= 0.6 is 0 Å². The number of Topliss-reactive ketones (excluding diaryl/α,β-unsaturated/α-hetero) is 1. The van der Waals surface area contributed by atoms with Gasteiger partial charge in [-0.2, -0.15) is 0 Å². The summed E-state index contributed by atoms with van der Waals surface area (Å²) in [6.07, 6.45) is 10.9. The fourth-order valence-corrected chi connectivity index (χ4v) is 7.00. The van der Waals surface area contributed by atoms with Crippen LogP contribution < -0.4 is 0 Å². The van der Waals surface area contributed by atoms with Crippen molar-refractivity contribution in [2.24, 2.45) is 27.6 Å². The smallest absolute Gasteiger partial charge is 0.142 e. The Labute approximate surface area is 138 Å². The molecule has 0 aliphatic heterocycles. The molecule has 2 bridgehead atoms. The van der Waals surface area contributed by atoms with Gasteiger partial charge in [-0.15, -0.1) is 0 Å². The van der Waals surface area contributed by atoms with Gasteiger partial charge in [-0.05, 0) is 55.3 Å². The Kier molecular flexibility index (Phi) is 3.09. The summed E-state index contributed by atoms with van der Waals surface area (Å²) >= 11 is 0. The van der Waals surface area contributed by atoms with E-state index in [0.717, 1.165) is 38.5 Å². The molecule has 4 rings (SSSR count). The number of aliphatic hydroxyl groups is 1. The van der Waals surface area contributed by atoms with Gasteiger partial charge in [-0.1, -0.05) is 31.9 Å². The molecule has 0 aromatic rings. The zero-order chi connectivity index (χ0) is 16.5. The third kappa shape index (κ3) is 1.75. The van der Waals surface area contributed by atoms with Crippen LogP contribution in [0.5, 0.6) is 0 Å². The lowest BCUT2D eigenvalue weighted by Crippen LogP contribution is -2.53. The van der Waals surface area contributed by atoms with Gasteiger partial charge in [0.05, 0.1) is 12.0 Å². The van der Waals surface area contributed by atoms with Crippen LogP contribution in [0.15, 0.2) is 11.6 Å². The number of fused-ring (bicyclic) bond motifs is 3. The lowest BCUT2D eigenvalue weighted by molar-refractivity contribution is -0.128. The number of aldehydes is 1. The minimum absolute atomic E-state index is 0.0104. The highest BCUT2D eigenvalue weighted by Gasteiger charge is 2.65. The summed E-state index contributed by atoms with van der Waals surface area (Å²) in [6.45, 7) is 4.48. The molecule has 1 N–H and O–H groups in total. The predicted octanol–water partition coefficient (Wildman–Crippen LogP) is 3.45. The number of rotatable bonds is 2. The number of hydrogen-bond donors (Lipinski definition) is 1. The van der Waals surface area contributed by atoms with Crippen LogP contribution in [0.2, 0.25) is 0 Å². The van der Waals surface area contributed by atoms with Crippen molar-refractivity contribution < 1.29 is 14.7 Å². The van der Waals surface area contributed by atoms with Crippen molar-refractivity contribution in [1.82, 2.24) is 0 Å². The SMILES string of the molecule is CC1(C=O)CCCC2(C)C3=CCC4(CO)CC3(CCC12)CC4=O. The second-order valence-corrected chi connectivity index (χ2v) is 9.30. The zero-order valence-electron chi connectivity index (χ0n) is 14.4. The molecule has 0 aromatic carbocycles. The Morgan fingerprint density at radius 1 is 1.30 bits per heavy atom. The van der Waals surface area contributed by atoms with Crippen molar-refractivity contribution in [1.29, 1.82) is 0 Å². The van der Waals surface area contributed by atoms with Gasteiger partial charge in [0.2, 0.25) is 0 Å². The van der Waals surface area contributed by atoms with Crippen molar-refractivity contribution in [3.8, 4) is 0 Å². The first kappa shape index (κ1) is 15.6. The Morgan fingerprint density at radius 3 is 2.78 bits per heavy atom. The second kappa shape index (κ2) is 4.56. The molecule has 3 saturated carbocycles. The first-order valence-electron chi connectivity index (χ1n) is 9.16. The maximum atomic E-state index is 12.7. The van der Waals surface area contributed by atoms with Crippen molar-refractivity contribution in [2.75, 3.05) is 6.61 Å². The molecule has 23 heavy (non-hydrogen) atoms. The maximum absolute atomic E-state index is 12.7. The van der Waals surface area contributed by atoms with E-state index in [0.29, 0.717) is 18.8 Å². The Hall–Kier alpha value is -0.960. The monoisotopic (exact) mass is 316 g/mol. The van der Waals surface area contributed by atoms with Gasteiger partial charge in [-0.3, -0.25) is 4.79 Å². The highest BCUT2D eigenvalue weighted by Crippen LogP contribution is 2.70. The average molecular weight is 316 g/mol. The predicted molar refractivity (Wildman–Crippen MR) is 87.7 cm³/mol. The lowest BCUT2D eigenvalue weighted by atomic mass is 9.44. The fourth-order valence-electron chi connectivity index (χ4n) is 7.00. The highest BCUT2D eigenvalue weighted by atomic mass is 16.3. The van der Waals surface area contributed by atoms with Crippen molar-refractivity contribution >= 4 is 12.1 Å². The van der Waals surface area contributed by atoms with Crippen LogP contribution in [-0.4, -0.2) is 23.8 Å². The van der Waals surface area contributed by atoms with Gasteiger partial charge >= 0.3 is 0 Å². The van der Waals surface area contributed by atoms with E-state index in [2.05, 4.69) is 19.9 Å². The van der Waals surface area contributed by atoms with Crippen LogP contribution in [-0.2, 0) is 9.59 Å². The van der Waals surface area contributed by atoms with E-state index in [1.165, 1.54) is 11.9 Å². The Bertz CT molecular complexity index is 608. The molecule has 0 radical (unpaired) electrons. The third-order valence-corrected chi connectivity index (χ3v) is 8.11. The molecule has 5 atom stereocenters. The van der Waals surface area contributed by atoms with Gasteiger partial charge in [0.15, 0.2) is 0 Å². The minimum atomic E-state index is -0.505. The Morgan fingerprint density at radius 2 is 2.09 bits per heavy atom. The van der Waals surface area contributed by atoms with Crippen LogP contribution in [0.1, 0.15) is 65.2 Å². The number of allylic oxidation sites excluding steroid dienone is 2. The van der Waals surface area contributed by atoms with E-state index in [4.69, 9.17) is 0 Å². The summed E-state index contributed by atoms with van der Waals surface area (Å²) in [4.78, 5) is 24.5. The standard InChI is InChI=1S/C20H28O3/c1-17(12-21)6-3-7-18(2)14(17)4-8-19-10-16(23)20(11-19,13-22)9-5-15(18)19/h5,12,14,22H,3-4,6-11,13H2,1-2H3. The molecule has 0 amide bonds. The largest absolute Gasteiger partial charge is 0.395 e. The maximum Gasteiger partial charge on any atom is 0.142 e. The van der Waals surface area contributed by atoms with E-state index in [1.54, 1.807) is 0 Å². The van der Waals surface area contributed by atoms with Crippen LogP contribution in [0.25, 0.3) is 0 Å².